The molecule has 1 fully saturated rings. The van der Waals surface area contributed by atoms with Crippen LogP contribution in [0.5, 0.6) is 11.5 Å². The summed E-state index contributed by atoms with van der Waals surface area (Å²) < 4.78 is 11.5. The van der Waals surface area contributed by atoms with Crippen molar-refractivity contribution in [3.63, 3.8) is 0 Å². The third kappa shape index (κ3) is 2.35. The van der Waals surface area contributed by atoms with Crippen LogP contribution < -0.4 is 9.47 Å². The van der Waals surface area contributed by atoms with Gasteiger partial charge in [-0.15, -0.1) is 0 Å². The highest BCUT2D eigenvalue weighted by Gasteiger charge is 2.40. The van der Waals surface area contributed by atoms with Crippen LogP contribution in [0.4, 0.5) is 0 Å². The van der Waals surface area contributed by atoms with Crippen molar-refractivity contribution in [1.82, 2.24) is 4.90 Å². The minimum Gasteiger partial charge on any atom is -0.496 e. The van der Waals surface area contributed by atoms with Crippen LogP contribution in [0.15, 0.2) is 48.5 Å². The van der Waals surface area contributed by atoms with Gasteiger partial charge in [-0.05, 0) is 17.7 Å². The summed E-state index contributed by atoms with van der Waals surface area (Å²) in [5.74, 6) is 3.05. The van der Waals surface area contributed by atoms with Gasteiger partial charge in [-0.25, -0.2) is 0 Å². The van der Waals surface area contributed by atoms with Crippen molar-refractivity contribution in [2.24, 2.45) is 5.92 Å². The Hall–Kier alpha value is -2.00. The topological polar surface area (TPSA) is 21.7 Å². The van der Waals surface area contributed by atoms with Gasteiger partial charge >= 0.3 is 0 Å². The summed E-state index contributed by atoms with van der Waals surface area (Å²) in [6, 6.07) is 16.8. The van der Waals surface area contributed by atoms with Gasteiger partial charge < -0.3 is 9.47 Å². The average molecular weight is 295 g/mol. The maximum atomic E-state index is 5.97. The van der Waals surface area contributed by atoms with Crippen LogP contribution in [-0.4, -0.2) is 31.7 Å². The first-order chi connectivity index (χ1) is 10.8. The van der Waals surface area contributed by atoms with Gasteiger partial charge in [0, 0.05) is 37.0 Å². The first kappa shape index (κ1) is 13.6. The van der Waals surface area contributed by atoms with Crippen molar-refractivity contribution in [3.05, 3.63) is 59.7 Å². The molecule has 0 unspecified atom stereocenters. The Morgan fingerprint density at radius 3 is 2.77 bits per heavy atom. The molecule has 2 aliphatic heterocycles. The Morgan fingerprint density at radius 2 is 1.95 bits per heavy atom. The number of nitrogens with zero attached hydrogens (tertiary/aromatic N) is 1. The normalized spacial score (nSPS) is 23.5. The summed E-state index contributed by atoms with van der Waals surface area (Å²) in [7, 11) is 1.75. The van der Waals surface area contributed by atoms with Gasteiger partial charge in [0.1, 0.15) is 11.5 Å². The van der Waals surface area contributed by atoms with Crippen molar-refractivity contribution >= 4 is 0 Å². The zero-order chi connectivity index (χ0) is 14.9. The Balaban J connectivity index is 1.58. The van der Waals surface area contributed by atoms with E-state index < -0.39 is 0 Å². The molecule has 0 radical (unpaired) electrons. The number of ether oxygens (including phenoxy) is 2. The van der Waals surface area contributed by atoms with E-state index >= 15 is 0 Å². The van der Waals surface area contributed by atoms with Gasteiger partial charge in [0.15, 0.2) is 0 Å². The third-order valence-corrected chi connectivity index (χ3v) is 4.84. The second kappa shape index (κ2) is 5.65. The quantitative estimate of drug-likeness (QED) is 0.867. The predicted octanol–water partition coefficient (Wildman–Crippen LogP) is 3.30. The maximum absolute atomic E-state index is 5.97. The summed E-state index contributed by atoms with van der Waals surface area (Å²) in [5.41, 5.74) is 2.64. The molecular weight excluding hydrogens is 274 g/mol. The largest absolute Gasteiger partial charge is 0.496 e. The van der Waals surface area contributed by atoms with Gasteiger partial charge in [-0.3, -0.25) is 4.90 Å². The fourth-order valence-corrected chi connectivity index (χ4v) is 3.82. The lowest BCUT2D eigenvalue weighted by atomic mass is 9.86. The summed E-state index contributed by atoms with van der Waals surface area (Å²) in [5, 5.41) is 0. The van der Waals surface area contributed by atoms with E-state index in [0.29, 0.717) is 11.8 Å². The molecular formula is C19H21NO2. The second-order valence-corrected chi connectivity index (χ2v) is 6.23. The fourth-order valence-electron chi connectivity index (χ4n) is 3.82. The first-order valence-electron chi connectivity index (χ1n) is 7.91. The lowest BCUT2D eigenvalue weighted by Crippen LogP contribution is -2.25. The minimum atomic E-state index is 0.517. The zero-order valence-electron chi connectivity index (χ0n) is 12.9. The third-order valence-electron chi connectivity index (χ3n) is 4.84. The van der Waals surface area contributed by atoms with Crippen molar-refractivity contribution in [1.29, 1.82) is 0 Å². The summed E-state index contributed by atoms with van der Waals surface area (Å²) in [6.07, 6.45) is 0. The second-order valence-electron chi connectivity index (χ2n) is 6.23. The molecule has 2 aromatic carbocycles. The lowest BCUT2D eigenvalue weighted by Gasteiger charge is -2.29. The summed E-state index contributed by atoms with van der Waals surface area (Å²) in [6.45, 7) is 4.00. The van der Waals surface area contributed by atoms with E-state index in [1.165, 1.54) is 11.1 Å². The molecule has 0 N–H and O–H groups in total. The fraction of sp³-hybridized carbons (Fsp3) is 0.368. The highest BCUT2D eigenvalue weighted by atomic mass is 16.5. The molecule has 0 bridgehead atoms. The van der Waals surface area contributed by atoms with Crippen LogP contribution in [0.25, 0.3) is 0 Å². The molecule has 2 heterocycles. The minimum absolute atomic E-state index is 0.517. The smallest absolute Gasteiger partial charge is 0.126 e. The Kier molecular flexibility index (Phi) is 3.51. The molecule has 0 aliphatic carbocycles. The molecule has 4 rings (SSSR count). The van der Waals surface area contributed by atoms with Crippen LogP contribution in [0, 0.1) is 5.92 Å². The van der Waals surface area contributed by atoms with Crippen molar-refractivity contribution in [2.45, 2.75) is 12.5 Å². The van der Waals surface area contributed by atoms with Gasteiger partial charge in [-0.1, -0.05) is 36.4 Å². The molecule has 1 saturated heterocycles. The molecule has 2 aromatic rings. The number of methoxy groups -OCH3 is 1. The van der Waals surface area contributed by atoms with E-state index in [9.17, 15) is 0 Å². The highest BCUT2D eigenvalue weighted by Crippen LogP contribution is 2.46. The number of rotatable bonds is 3. The Bertz CT molecular complexity index is 641. The molecule has 2 atom stereocenters. The summed E-state index contributed by atoms with van der Waals surface area (Å²) >= 11 is 0. The van der Waals surface area contributed by atoms with Gasteiger partial charge in [-0.2, -0.15) is 0 Å². The number of hydrogen-bond acceptors (Lipinski definition) is 3. The van der Waals surface area contributed by atoms with Crippen molar-refractivity contribution < 1.29 is 9.47 Å². The maximum Gasteiger partial charge on any atom is 0.126 e. The van der Waals surface area contributed by atoms with Crippen LogP contribution >= 0.6 is 0 Å². The predicted molar refractivity (Wildman–Crippen MR) is 86.4 cm³/mol. The zero-order valence-corrected chi connectivity index (χ0v) is 12.9. The molecule has 2 aliphatic rings. The summed E-state index contributed by atoms with van der Waals surface area (Å²) in [4.78, 5) is 2.54. The molecule has 0 aromatic heterocycles. The number of hydrogen-bond donors (Lipinski definition) is 0. The average Bonchev–Trinajstić information content (AvgIpc) is 2.97. The van der Waals surface area contributed by atoms with Crippen molar-refractivity contribution in [2.75, 3.05) is 26.8 Å². The van der Waals surface area contributed by atoms with Crippen molar-refractivity contribution in [3.8, 4) is 11.5 Å². The molecule has 22 heavy (non-hydrogen) atoms. The first-order valence-corrected chi connectivity index (χ1v) is 7.91. The van der Waals surface area contributed by atoms with E-state index in [0.717, 1.165) is 37.7 Å². The molecule has 3 heteroatoms. The molecule has 0 amide bonds. The molecule has 0 spiro atoms. The highest BCUT2D eigenvalue weighted by molar-refractivity contribution is 5.49. The van der Waals surface area contributed by atoms with Gasteiger partial charge in [0.2, 0.25) is 0 Å². The van der Waals surface area contributed by atoms with E-state index in [1.54, 1.807) is 7.11 Å². The van der Waals surface area contributed by atoms with E-state index in [1.807, 2.05) is 12.1 Å². The van der Waals surface area contributed by atoms with E-state index in [4.69, 9.17) is 9.47 Å². The Morgan fingerprint density at radius 1 is 1.09 bits per heavy atom. The van der Waals surface area contributed by atoms with Crippen LogP contribution in [-0.2, 0) is 6.54 Å². The number of benzene rings is 2. The van der Waals surface area contributed by atoms with Crippen LogP contribution in [0.2, 0.25) is 0 Å². The molecule has 0 saturated carbocycles. The number of fused-ring (bicyclic) bond motifs is 3. The van der Waals surface area contributed by atoms with Crippen LogP contribution in [0.3, 0.4) is 0 Å². The molecule has 3 nitrogen and oxygen atoms in total. The van der Waals surface area contributed by atoms with Gasteiger partial charge in [0.05, 0.1) is 13.7 Å². The van der Waals surface area contributed by atoms with Crippen LogP contribution in [0.1, 0.15) is 17.0 Å². The lowest BCUT2D eigenvalue weighted by molar-refractivity contribution is 0.208. The Labute approximate surface area is 131 Å². The van der Waals surface area contributed by atoms with E-state index in [-0.39, 0.29) is 0 Å². The SMILES string of the molecule is COc1cccc2c1[C@H]1CN(Cc3ccccc3)C[C@H]1CO2. The van der Waals surface area contributed by atoms with Gasteiger partial charge in [0.25, 0.3) is 0 Å². The monoisotopic (exact) mass is 295 g/mol. The standard InChI is InChI=1S/C19H21NO2/c1-21-17-8-5-9-18-19(17)16-12-20(11-15(16)13-22-18)10-14-6-3-2-4-7-14/h2-9,15-16H,10-13H2,1H3/t15-,16-/m0/s1. The molecule has 114 valence electrons. The number of likely N-dealkylation sites (tertiary alicyclic amines) is 1. The van der Waals surface area contributed by atoms with E-state index in [2.05, 4.69) is 41.3 Å².